The fourth-order valence-corrected chi connectivity index (χ4v) is 1.55. The lowest BCUT2D eigenvalue weighted by molar-refractivity contribution is -0.383. The number of nitrogens with one attached hydrogen (secondary N) is 1. The molecule has 1 aromatic rings. The maximum absolute atomic E-state index is 11.2. The molecule has 0 aliphatic carbocycles. The predicted octanol–water partition coefficient (Wildman–Crippen LogP) is 2.83. The molecule has 8 heteroatoms. The molecule has 6 nitrogen and oxygen atoms in total. The molecule has 104 valence electrons. The molecular weight excluding hydrogens is 293 g/mol. The summed E-state index contributed by atoms with van der Waals surface area (Å²) >= 11 is 11.5. The molecule has 0 bridgehead atoms. The molecule has 0 heterocycles. The number of carbonyl (C=O) groups is 1. The molecular formula is C11H13Cl2N3O3. The van der Waals surface area contributed by atoms with Crippen molar-refractivity contribution in [3.05, 3.63) is 32.3 Å². The Morgan fingerprint density at radius 1 is 1.42 bits per heavy atom. The number of hydrogen-bond acceptors (Lipinski definition) is 4. The van der Waals surface area contributed by atoms with Gasteiger partial charge in [0.1, 0.15) is 5.69 Å². The number of halogens is 2. The highest BCUT2D eigenvalue weighted by atomic mass is 35.5. The highest BCUT2D eigenvalue weighted by Crippen LogP contribution is 2.34. The highest BCUT2D eigenvalue weighted by Gasteiger charge is 2.26. The van der Waals surface area contributed by atoms with Gasteiger partial charge in [-0.1, -0.05) is 23.2 Å². The summed E-state index contributed by atoms with van der Waals surface area (Å²) in [4.78, 5) is 21.5. The summed E-state index contributed by atoms with van der Waals surface area (Å²) in [5.41, 5.74) is 4.35. The van der Waals surface area contributed by atoms with E-state index < -0.39 is 16.2 Å². The van der Waals surface area contributed by atoms with Crippen molar-refractivity contribution in [1.82, 2.24) is 0 Å². The van der Waals surface area contributed by atoms with E-state index in [4.69, 9.17) is 28.9 Å². The minimum atomic E-state index is -0.847. The summed E-state index contributed by atoms with van der Waals surface area (Å²) in [6.45, 7) is 3.40. The Morgan fingerprint density at radius 2 is 1.95 bits per heavy atom. The zero-order valence-corrected chi connectivity index (χ0v) is 11.9. The third-order valence-electron chi connectivity index (χ3n) is 2.62. The monoisotopic (exact) mass is 305 g/mol. The Hall–Kier alpha value is -1.53. The van der Waals surface area contributed by atoms with E-state index in [2.05, 4.69) is 5.32 Å². The van der Waals surface area contributed by atoms with Gasteiger partial charge in [0, 0.05) is 12.6 Å². The van der Waals surface area contributed by atoms with E-state index in [1.807, 2.05) is 0 Å². The van der Waals surface area contributed by atoms with Crippen LogP contribution in [0.4, 0.5) is 11.4 Å². The minimum Gasteiger partial charge on any atom is -0.378 e. The molecule has 0 saturated heterocycles. The van der Waals surface area contributed by atoms with Crippen LogP contribution in [0.3, 0.4) is 0 Å². The predicted molar refractivity (Wildman–Crippen MR) is 74.6 cm³/mol. The number of rotatable bonds is 5. The van der Waals surface area contributed by atoms with Crippen LogP contribution >= 0.6 is 23.2 Å². The highest BCUT2D eigenvalue weighted by molar-refractivity contribution is 6.42. The molecule has 3 N–H and O–H groups in total. The van der Waals surface area contributed by atoms with Crippen molar-refractivity contribution in [1.29, 1.82) is 0 Å². The van der Waals surface area contributed by atoms with Crippen LogP contribution in [0.1, 0.15) is 13.8 Å². The van der Waals surface area contributed by atoms with Gasteiger partial charge in [0.2, 0.25) is 5.91 Å². The molecule has 0 radical (unpaired) electrons. The third kappa shape index (κ3) is 3.71. The van der Waals surface area contributed by atoms with Crippen LogP contribution in [0.5, 0.6) is 0 Å². The number of nitro groups is 1. The normalized spacial score (nSPS) is 11.2. The fourth-order valence-electron chi connectivity index (χ4n) is 1.23. The van der Waals surface area contributed by atoms with Crippen molar-refractivity contribution >= 4 is 40.5 Å². The molecule has 0 aliphatic rings. The lowest BCUT2D eigenvalue weighted by Crippen LogP contribution is -2.37. The van der Waals surface area contributed by atoms with Gasteiger partial charge in [-0.3, -0.25) is 14.9 Å². The van der Waals surface area contributed by atoms with Crippen LogP contribution in [0.25, 0.3) is 0 Å². The SMILES string of the molecule is CC(C)(CNc1cc(Cl)c(Cl)cc1[N+](=O)[O-])C(N)=O. The first-order valence-electron chi connectivity index (χ1n) is 5.32. The average Bonchev–Trinajstić information content (AvgIpc) is 2.29. The molecule has 0 saturated carbocycles. The number of nitrogens with zero attached hydrogens (tertiary/aromatic N) is 1. The zero-order chi connectivity index (χ0) is 14.8. The summed E-state index contributed by atoms with van der Waals surface area (Å²) in [5, 5.41) is 14.0. The first-order valence-corrected chi connectivity index (χ1v) is 6.08. The van der Waals surface area contributed by atoms with Crippen molar-refractivity contribution in [2.24, 2.45) is 11.1 Å². The Kier molecular flexibility index (Phi) is 4.60. The van der Waals surface area contributed by atoms with Crippen LogP contribution in [-0.2, 0) is 4.79 Å². The van der Waals surface area contributed by atoms with Gasteiger partial charge in [0.05, 0.1) is 20.4 Å². The second-order valence-corrected chi connectivity index (χ2v) is 5.46. The second-order valence-electron chi connectivity index (χ2n) is 4.64. The number of carbonyl (C=O) groups excluding carboxylic acids is 1. The molecule has 0 aromatic heterocycles. The minimum absolute atomic E-state index is 0.0908. The molecule has 0 fully saturated rings. The molecule has 0 atom stereocenters. The fraction of sp³-hybridized carbons (Fsp3) is 0.364. The smallest absolute Gasteiger partial charge is 0.293 e. The van der Waals surface area contributed by atoms with Gasteiger partial charge in [0.15, 0.2) is 0 Å². The van der Waals surface area contributed by atoms with Crippen LogP contribution in [0, 0.1) is 15.5 Å². The van der Waals surface area contributed by atoms with E-state index in [-0.39, 0.29) is 28.0 Å². The van der Waals surface area contributed by atoms with Gasteiger partial charge in [-0.15, -0.1) is 0 Å². The molecule has 1 rings (SSSR count). The van der Waals surface area contributed by atoms with Gasteiger partial charge >= 0.3 is 0 Å². The molecule has 1 aromatic carbocycles. The number of hydrogen-bond donors (Lipinski definition) is 2. The first kappa shape index (κ1) is 15.5. The molecule has 19 heavy (non-hydrogen) atoms. The quantitative estimate of drug-likeness (QED) is 0.645. The lowest BCUT2D eigenvalue weighted by atomic mass is 9.92. The van der Waals surface area contributed by atoms with Gasteiger partial charge in [0.25, 0.3) is 5.69 Å². The van der Waals surface area contributed by atoms with Crippen molar-refractivity contribution < 1.29 is 9.72 Å². The summed E-state index contributed by atoms with van der Waals surface area (Å²) in [6, 6.07) is 2.50. The van der Waals surface area contributed by atoms with Crippen LogP contribution in [0.15, 0.2) is 12.1 Å². The first-order chi connectivity index (χ1) is 8.65. The lowest BCUT2D eigenvalue weighted by Gasteiger charge is -2.21. The Labute approximate surface area is 120 Å². The van der Waals surface area contributed by atoms with Gasteiger partial charge in [-0.05, 0) is 19.9 Å². The van der Waals surface area contributed by atoms with Crippen LogP contribution in [-0.4, -0.2) is 17.4 Å². The standard InChI is InChI=1S/C11H13Cl2N3O3/c1-11(2,10(14)17)5-15-8-3-6(12)7(13)4-9(8)16(18)19/h3-4,15H,5H2,1-2H3,(H2,14,17). The number of benzene rings is 1. The van der Waals surface area contributed by atoms with E-state index in [1.54, 1.807) is 13.8 Å². The summed E-state index contributed by atoms with van der Waals surface area (Å²) in [7, 11) is 0. The van der Waals surface area contributed by atoms with E-state index >= 15 is 0 Å². The van der Waals surface area contributed by atoms with Crippen LogP contribution in [0.2, 0.25) is 10.0 Å². The molecule has 0 unspecified atom stereocenters. The van der Waals surface area contributed by atoms with E-state index in [9.17, 15) is 14.9 Å². The zero-order valence-electron chi connectivity index (χ0n) is 10.4. The maximum Gasteiger partial charge on any atom is 0.293 e. The van der Waals surface area contributed by atoms with Gasteiger partial charge in [-0.2, -0.15) is 0 Å². The largest absolute Gasteiger partial charge is 0.378 e. The average molecular weight is 306 g/mol. The summed E-state index contributed by atoms with van der Waals surface area (Å²) < 4.78 is 0. The van der Waals surface area contributed by atoms with Crippen molar-refractivity contribution in [2.75, 3.05) is 11.9 Å². The molecule has 1 amide bonds. The number of amides is 1. The Balaban J connectivity index is 3.04. The molecule has 0 aliphatic heterocycles. The van der Waals surface area contributed by atoms with E-state index in [0.717, 1.165) is 6.07 Å². The number of nitro benzene ring substituents is 1. The van der Waals surface area contributed by atoms with Gasteiger partial charge < -0.3 is 11.1 Å². The Bertz CT molecular complexity index is 532. The van der Waals surface area contributed by atoms with Gasteiger partial charge in [-0.25, -0.2) is 0 Å². The van der Waals surface area contributed by atoms with E-state index in [0.29, 0.717) is 0 Å². The third-order valence-corrected chi connectivity index (χ3v) is 3.35. The van der Waals surface area contributed by atoms with Crippen molar-refractivity contribution in [2.45, 2.75) is 13.8 Å². The second kappa shape index (κ2) is 5.63. The molecule has 0 spiro atoms. The van der Waals surface area contributed by atoms with E-state index in [1.165, 1.54) is 6.07 Å². The maximum atomic E-state index is 11.2. The Morgan fingerprint density at radius 3 is 2.42 bits per heavy atom. The number of primary amides is 1. The summed E-state index contributed by atoms with van der Waals surface area (Å²) in [5.74, 6) is -0.511. The number of nitrogens with two attached hydrogens (primary N) is 1. The topological polar surface area (TPSA) is 98.3 Å². The summed E-state index contributed by atoms with van der Waals surface area (Å²) in [6.07, 6.45) is 0. The van der Waals surface area contributed by atoms with Crippen LogP contribution < -0.4 is 11.1 Å². The van der Waals surface area contributed by atoms with Crippen molar-refractivity contribution in [3.8, 4) is 0 Å². The number of anilines is 1. The van der Waals surface area contributed by atoms with Crippen molar-refractivity contribution in [3.63, 3.8) is 0 Å².